The average molecular weight is 390 g/mol. The van der Waals surface area contributed by atoms with Gasteiger partial charge in [-0.15, -0.1) is 0 Å². The number of thiazole rings is 1. The van der Waals surface area contributed by atoms with E-state index in [1.165, 1.54) is 31.4 Å². The summed E-state index contributed by atoms with van der Waals surface area (Å²) in [7, 11) is -2.26. The lowest BCUT2D eigenvalue weighted by molar-refractivity contribution is 0.0940. The largest absolute Gasteiger partial charge is 0.383 e. The minimum absolute atomic E-state index is 0.0610. The summed E-state index contributed by atoms with van der Waals surface area (Å²) in [6.07, 6.45) is 0. The van der Waals surface area contributed by atoms with Crippen LogP contribution in [0.5, 0.6) is 0 Å². The maximum Gasteiger partial charge on any atom is 0.263 e. The number of rotatable bonds is 7. The summed E-state index contributed by atoms with van der Waals surface area (Å²) in [5.74, 6) is -0.320. The first kappa shape index (κ1) is 18.7. The number of halogens is 1. The third-order valence-corrected chi connectivity index (χ3v) is 5.75. The molecule has 130 valence electrons. The van der Waals surface area contributed by atoms with Crippen molar-refractivity contribution in [2.24, 2.45) is 0 Å². The molecule has 0 fully saturated rings. The molecular weight excluding hydrogens is 374 g/mol. The highest BCUT2D eigenvalue weighted by atomic mass is 35.5. The highest BCUT2D eigenvalue weighted by Crippen LogP contribution is 2.25. The summed E-state index contributed by atoms with van der Waals surface area (Å²) >= 11 is 6.72. The van der Waals surface area contributed by atoms with Gasteiger partial charge in [0.25, 0.3) is 15.9 Å². The summed E-state index contributed by atoms with van der Waals surface area (Å²) in [5, 5.41) is 3.23. The minimum atomic E-state index is -3.79. The third kappa shape index (κ3) is 4.67. The van der Waals surface area contributed by atoms with E-state index in [1.807, 2.05) is 0 Å². The van der Waals surface area contributed by atoms with Crippen LogP contribution in [0, 0.1) is 6.92 Å². The molecule has 0 aliphatic heterocycles. The van der Waals surface area contributed by atoms with Gasteiger partial charge in [-0.05, 0) is 31.2 Å². The summed E-state index contributed by atoms with van der Waals surface area (Å²) in [6.45, 7) is 2.39. The molecular formula is C14H16ClN3O4S2. The average Bonchev–Trinajstić information content (AvgIpc) is 2.87. The van der Waals surface area contributed by atoms with Crippen molar-refractivity contribution in [1.82, 2.24) is 10.3 Å². The van der Waals surface area contributed by atoms with Crippen LogP contribution in [0.15, 0.2) is 29.2 Å². The van der Waals surface area contributed by atoms with Gasteiger partial charge in [-0.2, -0.15) is 0 Å². The number of carbonyl (C=O) groups excluding carboxylic acids is 1. The van der Waals surface area contributed by atoms with Crippen molar-refractivity contribution >= 4 is 44.0 Å². The van der Waals surface area contributed by atoms with E-state index in [1.54, 1.807) is 6.92 Å². The second kappa shape index (κ2) is 7.93. The summed E-state index contributed by atoms with van der Waals surface area (Å²) in [4.78, 5) is 16.5. The van der Waals surface area contributed by atoms with E-state index in [4.69, 9.17) is 16.3 Å². The number of aryl methyl sites for hydroxylation is 1. The standard InChI is InChI=1S/C14H16ClN3O4S2/c1-9-12(13(19)16-7-8-22-2)23-14(17-9)18-24(20,21)11-5-3-10(15)4-6-11/h3-6H,7-8H2,1-2H3,(H,16,19)(H,17,18). The normalized spacial score (nSPS) is 11.3. The van der Waals surface area contributed by atoms with Gasteiger partial charge in [0.05, 0.1) is 17.2 Å². The van der Waals surface area contributed by atoms with E-state index in [0.717, 1.165) is 11.3 Å². The smallest absolute Gasteiger partial charge is 0.263 e. The molecule has 24 heavy (non-hydrogen) atoms. The lowest BCUT2D eigenvalue weighted by Gasteiger charge is -2.04. The molecule has 10 heteroatoms. The monoisotopic (exact) mass is 389 g/mol. The Labute approximate surface area is 149 Å². The van der Waals surface area contributed by atoms with Crippen LogP contribution in [0.3, 0.4) is 0 Å². The van der Waals surface area contributed by atoms with Crippen LogP contribution in [-0.4, -0.2) is 39.6 Å². The Bertz CT molecular complexity index is 819. The van der Waals surface area contributed by atoms with Crippen molar-refractivity contribution in [2.75, 3.05) is 25.0 Å². The Kier molecular flexibility index (Phi) is 6.16. The predicted octanol–water partition coefficient (Wildman–Crippen LogP) is 2.28. The summed E-state index contributed by atoms with van der Waals surface area (Å²) in [5.41, 5.74) is 0.448. The number of hydrogen-bond donors (Lipinski definition) is 2. The van der Waals surface area contributed by atoms with Crippen molar-refractivity contribution in [3.63, 3.8) is 0 Å². The van der Waals surface area contributed by atoms with Crippen LogP contribution >= 0.6 is 22.9 Å². The highest BCUT2D eigenvalue weighted by Gasteiger charge is 2.20. The number of amides is 1. The number of anilines is 1. The number of benzene rings is 1. The molecule has 2 rings (SSSR count). The van der Waals surface area contributed by atoms with Crippen LogP contribution in [-0.2, 0) is 14.8 Å². The minimum Gasteiger partial charge on any atom is -0.383 e. The lowest BCUT2D eigenvalue weighted by atomic mass is 10.4. The Hall–Kier alpha value is -1.68. The van der Waals surface area contributed by atoms with Crippen LogP contribution in [0.4, 0.5) is 5.13 Å². The number of ether oxygens (including phenoxy) is 1. The Balaban J connectivity index is 2.14. The fraction of sp³-hybridized carbons (Fsp3) is 0.286. The van der Waals surface area contributed by atoms with Crippen molar-refractivity contribution < 1.29 is 17.9 Å². The van der Waals surface area contributed by atoms with Crippen molar-refractivity contribution in [2.45, 2.75) is 11.8 Å². The molecule has 0 aliphatic carbocycles. The molecule has 0 bridgehead atoms. The molecule has 0 atom stereocenters. The zero-order chi connectivity index (χ0) is 17.7. The fourth-order valence-corrected chi connectivity index (χ4v) is 4.03. The first-order valence-electron chi connectivity index (χ1n) is 6.86. The highest BCUT2D eigenvalue weighted by molar-refractivity contribution is 7.93. The van der Waals surface area contributed by atoms with E-state index < -0.39 is 10.0 Å². The maximum atomic E-state index is 12.3. The molecule has 7 nitrogen and oxygen atoms in total. The second-order valence-corrected chi connectivity index (χ2v) is 7.86. The van der Waals surface area contributed by atoms with Gasteiger partial charge in [0, 0.05) is 18.7 Å². The molecule has 1 amide bonds. The molecule has 1 aromatic heterocycles. The van der Waals surface area contributed by atoms with Gasteiger partial charge in [-0.25, -0.2) is 13.4 Å². The quantitative estimate of drug-likeness (QED) is 0.708. The molecule has 0 saturated carbocycles. The van der Waals surface area contributed by atoms with E-state index in [-0.39, 0.29) is 15.9 Å². The lowest BCUT2D eigenvalue weighted by Crippen LogP contribution is -2.26. The molecule has 0 spiro atoms. The van der Waals surface area contributed by atoms with Crippen LogP contribution in [0.1, 0.15) is 15.4 Å². The number of nitrogens with one attached hydrogen (secondary N) is 2. The van der Waals surface area contributed by atoms with Crippen molar-refractivity contribution in [1.29, 1.82) is 0 Å². The van der Waals surface area contributed by atoms with Gasteiger partial charge in [-0.3, -0.25) is 9.52 Å². The second-order valence-electron chi connectivity index (χ2n) is 4.74. The Morgan fingerprint density at radius 1 is 1.33 bits per heavy atom. The van der Waals surface area contributed by atoms with Crippen molar-refractivity contribution in [3.05, 3.63) is 39.9 Å². The van der Waals surface area contributed by atoms with Gasteiger partial charge in [0.15, 0.2) is 5.13 Å². The van der Waals surface area contributed by atoms with E-state index in [0.29, 0.717) is 28.7 Å². The molecule has 0 radical (unpaired) electrons. The number of hydrogen-bond acceptors (Lipinski definition) is 6. The predicted molar refractivity (Wildman–Crippen MR) is 93.3 cm³/mol. The molecule has 2 N–H and O–H groups in total. The Morgan fingerprint density at radius 3 is 2.62 bits per heavy atom. The first-order valence-corrected chi connectivity index (χ1v) is 9.54. The van der Waals surface area contributed by atoms with E-state index in [9.17, 15) is 13.2 Å². The SMILES string of the molecule is COCCNC(=O)c1sc(NS(=O)(=O)c2ccc(Cl)cc2)nc1C. The van der Waals surface area contributed by atoms with Gasteiger partial charge < -0.3 is 10.1 Å². The van der Waals surface area contributed by atoms with Crippen LogP contribution in [0.2, 0.25) is 5.02 Å². The fourth-order valence-electron chi connectivity index (χ4n) is 1.79. The number of carbonyl (C=O) groups is 1. The van der Waals surface area contributed by atoms with Crippen LogP contribution in [0.25, 0.3) is 0 Å². The maximum absolute atomic E-state index is 12.3. The Morgan fingerprint density at radius 2 is 2.00 bits per heavy atom. The van der Waals surface area contributed by atoms with Crippen LogP contribution < -0.4 is 10.0 Å². The van der Waals surface area contributed by atoms with E-state index >= 15 is 0 Å². The van der Waals surface area contributed by atoms with Gasteiger partial charge in [0.1, 0.15) is 4.88 Å². The van der Waals surface area contributed by atoms with E-state index in [2.05, 4.69) is 15.0 Å². The van der Waals surface area contributed by atoms with Gasteiger partial charge in [0.2, 0.25) is 0 Å². The van der Waals surface area contributed by atoms with Gasteiger partial charge >= 0.3 is 0 Å². The topological polar surface area (TPSA) is 97.4 Å². The first-order chi connectivity index (χ1) is 11.3. The summed E-state index contributed by atoms with van der Waals surface area (Å²) in [6, 6.07) is 5.75. The number of methoxy groups -OCH3 is 1. The third-order valence-electron chi connectivity index (χ3n) is 2.94. The molecule has 0 unspecified atom stereocenters. The van der Waals surface area contributed by atoms with Gasteiger partial charge in [-0.1, -0.05) is 22.9 Å². The number of aromatic nitrogens is 1. The van der Waals surface area contributed by atoms with Crippen molar-refractivity contribution in [3.8, 4) is 0 Å². The molecule has 0 aliphatic rings. The zero-order valence-corrected chi connectivity index (χ0v) is 15.4. The number of sulfonamides is 1. The summed E-state index contributed by atoms with van der Waals surface area (Å²) < 4.78 is 31.8. The zero-order valence-electron chi connectivity index (χ0n) is 13.0. The number of nitrogens with zero attached hydrogens (tertiary/aromatic N) is 1. The molecule has 1 heterocycles. The molecule has 1 aromatic carbocycles. The molecule has 0 saturated heterocycles. The molecule has 2 aromatic rings.